The van der Waals surface area contributed by atoms with E-state index in [2.05, 4.69) is 14.7 Å². The van der Waals surface area contributed by atoms with Crippen molar-refractivity contribution in [2.24, 2.45) is 0 Å². The van der Waals surface area contributed by atoms with Crippen LogP contribution in [0.3, 0.4) is 0 Å². The van der Waals surface area contributed by atoms with E-state index in [0.717, 1.165) is 5.82 Å². The van der Waals surface area contributed by atoms with Crippen LogP contribution in [0.15, 0.2) is 0 Å². The molecule has 0 fully saturated rings. The van der Waals surface area contributed by atoms with Gasteiger partial charge in [0.2, 0.25) is 5.13 Å². The van der Waals surface area contributed by atoms with E-state index in [9.17, 15) is 8.78 Å². The summed E-state index contributed by atoms with van der Waals surface area (Å²) >= 11 is 1.26. The average Bonchev–Trinajstić information content (AvgIpc) is 2.64. The van der Waals surface area contributed by atoms with Crippen LogP contribution in [-0.2, 0) is 10.2 Å². The first-order chi connectivity index (χ1) is 7.89. The topological polar surface area (TPSA) is 47.0 Å². The maximum atomic E-state index is 11.8. The number of ether oxygens (including phenoxy) is 1. The standard InChI is InChI=1S/C10H17F2N3OS/c1-10(2,3)8-14-9(17-15-8)13-4-5-16-6-7(11)12/h7H,4-6H2,1-3H3,(H,13,14,15). The molecule has 0 aliphatic heterocycles. The zero-order valence-corrected chi connectivity index (χ0v) is 11.0. The van der Waals surface area contributed by atoms with Gasteiger partial charge in [0.1, 0.15) is 12.4 Å². The van der Waals surface area contributed by atoms with Crippen LogP contribution in [-0.4, -0.2) is 35.5 Å². The molecule has 0 saturated heterocycles. The summed E-state index contributed by atoms with van der Waals surface area (Å²) in [6.45, 7) is 6.26. The van der Waals surface area contributed by atoms with E-state index in [-0.39, 0.29) is 12.0 Å². The second kappa shape index (κ2) is 6.20. The summed E-state index contributed by atoms with van der Waals surface area (Å²) in [5, 5.41) is 3.68. The number of nitrogens with one attached hydrogen (secondary N) is 1. The van der Waals surface area contributed by atoms with Gasteiger partial charge < -0.3 is 10.1 Å². The van der Waals surface area contributed by atoms with Gasteiger partial charge in [-0.3, -0.25) is 0 Å². The number of anilines is 1. The Morgan fingerprint density at radius 2 is 2.12 bits per heavy atom. The molecule has 0 spiro atoms. The number of halogens is 2. The molecule has 0 unspecified atom stereocenters. The van der Waals surface area contributed by atoms with Gasteiger partial charge in [-0.05, 0) is 0 Å². The minimum absolute atomic E-state index is 0.0807. The summed E-state index contributed by atoms with van der Waals surface area (Å²) in [4.78, 5) is 4.31. The number of aromatic nitrogens is 2. The molecule has 0 amide bonds. The summed E-state index contributed by atoms with van der Waals surface area (Å²) in [5.74, 6) is 0.776. The Labute approximate surface area is 104 Å². The summed E-state index contributed by atoms with van der Waals surface area (Å²) in [6, 6.07) is 0. The second-order valence-electron chi connectivity index (χ2n) is 4.57. The van der Waals surface area contributed by atoms with Gasteiger partial charge in [0, 0.05) is 23.5 Å². The van der Waals surface area contributed by atoms with Crippen molar-refractivity contribution in [2.45, 2.75) is 32.6 Å². The fraction of sp³-hybridized carbons (Fsp3) is 0.800. The first-order valence-corrected chi connectivity index (χ1v) is 6.11. The zero-order valence-electron chi connectivity index (χ0n) is 10.2. The first-order valence-electron chi connectivity index (χ1n) is 5.33. The molecule has 17 heavy (non-hydrogen) atoms. The fourth-order valence-corrected chi connectivity index (χ4v) is 1.78. The van der Waals surface area contributed by atoms with Crippen molar-refractivity contribution >= 4 is 16.7 Å². The molecule has 0 aromatic carbocycles. The van der Waals surface area contributed by atoms with E-state index >= 15 is 0 Å². The second-order valence-corrected chi connectivity index (χ2v) is 5.32. The lowest BCUT2D eigenvalue weighted by atomic mass is 9.96. The molecule has 0 bridgehead atoms. The minimum atomic E-state index is -2.41. The number of hydrogen-bond donors (Lipinski definition) is 1. The molecule has 0 saturated carbocycles. The lowest BCUT2D eigenvalue weighted by Gasteiger charge is -2.12. The smallest absolute Gasteiger partial charge is 0.261 e. The summed E-state index contributed by atoms with van der Waals surface area (Å²) in [5.41, 5.74) is -0.0807. The Morgan fingerprint density at radius 1 is 1.41 bits per heavy atom. The molecule has 0 atom stereocenters. The maximum Gasteiger partial charge on any atom is 0.261 e. The molecule has 0 aliphatic rings. The predicted molar refractivity (Wildman–Crippen MR) is 63.9 cm³/mol. The minimum Gasteiger partial charge on any atom is -0.374 e. The third-order valence-corrected chi connectivity index (χ3v) is 2.54. The maximum absolute atomic E-state index is 11.8. The summed E-state index contributed by atoms with van der Waals surface area (Å²) in [7, 11) is 0. The predicted octanol–water partition coefficient (Wildman–Crippen LogP) is 2.53. The van der Waals surface area contributed by atoms with Crippen molar-refractivity contribution in [3.63, 3.8) is 0 Å². The highest BCUT2D eigenvalue weighted by atomic mass is 32.1. The monoisotopic (exact) mass is 265 g/mol. The quantitative estimate of drug-likeness (QED) is 0.803. The highest BCUT2D eigenvalue weighted by molar-refractivity contribution is 7.09. The molecule has 0 aliphatic carbocycles. The van der Waals surface area contributed by atoms with Gasteiger partial charge in [0.05, 0.1) is 6.61 Å². The third kappa shape index (κ3) is 5.36. The fourth-order valence-electron chi connectivity index (χ4n) is 1.00. The van der Waals surface area contributed by atoms with E-state index < -0.39 is 13.0 Å². The van der Waals surface area contributed by atoms with Gasteiger partial charge in [0.25, 0.3) is 6.43 Å². The molecule has 1 heterocycles. The summed E-state index contributed by atoms with van der Waals surface area (Å²) in [6.07, 6.45) is -2.41. The zero-order chi connectivity index (χ0) is 12.9. The van der Waals surface area contributed by atoms with Crippen LogP contribution >= 0.6 is 11.5 Å². The highest BCUT2D eigenvalue weighted by Crippen LogP contribution is 2.22. The van der Waals surface area contributed by atoms with E-state index in [1.54, 1.807) is 0 Å². The van der Waals surface area contributed by atoms with Crippen molar-refractivity contribution in [1.82, 2.24) is 9.36 Å². The lowest BCUT2D eigenvalue weighted by molar-refractivity contribution is 0.0215. The van der Waals surface area contributed by atoms with Crippen molar-refractivity contribution in [1.29, 1.82) is 0 Å². The third-order valence-electron chi connectivity index (χ3n) is 1.86. The van der Waals surface area contributed by atoms with E-state index in [1.807, 2.05) is 20.8 Å². The van der Waals surface area contributed by atoms with E-state index in [4.69, 9.17) is 4.74 Å². The van der Waals surface area contributed by atoms with Gasteiger partial charge in [0.15, 0.2) is 0 Å². The highest BCUT2D eigenvalue weighted by Gasteiger charge is 2.19. The molecule has 98 valence electrons. The molecular weight excluding hydrogens is 248 g/mol. The van der Waals surface area contributed by atoms with Crippen molar-refractivity contribution < 1.29 is 13.5 Å². The van der Waals surface area contributed by atoms with Gasteiger partial charge in [-0.1, -0.05) is 20.8 Å². The Balaban J connectivity index is 2.26. The molecule has 1 aromatic rings. The van der Waals surface area contributed by atoms with E-state index in [0.29, 0.717) is 11.7 Å². The van der Waals surface area contributed by atoms with Crippen LogP contribution in [0.4, 0.5) is 13.9 Å². The van der Waals surface area contributed by atoms with Crippen LogP contribution in [0.2, 0.25) is 0 Å². The summed E-state index contributed by atoms with van der Waals surface area (Å²) < 4.78 is 32.5. The molecule has 1 N–H and O–H groups in total. The Hall–Kier alpha value is -0.820. The normalized spacial score (nSPS) is 12.1. The Morgan fingerprint density at radius 3 is 2.65 bits per heavy atom. The largest absolute Gasteiger partial charge is 0.374 e. The number of hydrogen-bond acceptors (Lipinski definition) is 5. The number of rotatable bonds is 6. The van der Waals surface area contributed by atoms with Crippen LogP contribution in [0.1, 0.15) is 26.6 Å². The van der Waals surface area contributed by atoms with E-state index in [1.165, 1.54) is 11.5 Å². The van der Waals surface area contributed by atoms with Gasteiger partial charge >= 0.3 is 0 Å². The number of nitrogens with zero attached hydrogens (tertiary/aromatic N) is 2. The molecule has 1 rings (SSSR count). The van der Waals surface area contributed by atoms with Crippen molar-refractivity contribution in [3.8, 4) is 0 Å². The first kappa shape index (κ1) is 14.2. The van der Waals surface area contributed by atoms with Crippen LogP contribution in [0.5, 0.6) is 0 Å². The van der Waals surface area contributed by atoms with Crippen LogP contribution in [0.25, 0.3) is 0 Å². The van der Waals surface area contributed by atoms with Crippen LogP contribution in [0, 0.1) is 0 Å². The Bertz CT molecular complexity index is 339. The van der Waals surface area contributed by atoms with Crippen molar-refractivity contribution in [2.75, 3.05) is 25.1 Å². The number of alkyl halides is 2. The van der Waals surface area contributed by atoms with Gasteiger partial charge in [-0.2, -0.15) is 4.37 Å². The van der Waals surface area contributed by atoms with Gasteiger partial charge in [-0.15, -0.1) is 0 Å². The average molecular weight is 265 g/mol. The lowest BCUT2D eigenvalue weighted by Crippen LogP contribution is -2.15. The molecule has 0 radical (unpaired) electrons. The molecular formula is C10H17F2N3OS. The Kier molecular flexibility index (Phi) is 5.20. The van der Waals surface area contributed by atoms with Gasteiger partial charge in [-0.25, -0.2) is 13.8 Å². The van der Waals surface area contributed by atoms with Crippen molar-refractivity contribution in [3.05, 3.63) is 5.82 Å². The SMILES string of the molecule is CC(C)(C)c1nsc(NCCOCC(F)F)n1. The molecule has 7 heteroatoms. The molecule has 1 aromatic heterocycles. The molecule has 4 nitrogen and oxygen atoms in total. The van der Waals surface area contributed by atoms with Crippen LogP contribution < -0.4 is 5.32 Å².